The van der Waals surface area contributed by atoms with Crippen molar-refractivity contribution in [3.63, 3.8) is 0 Å². The Balaban J connectivity index is 2.51. The number of aliphatic carboxylic acids is 1. The van der Waals surface area contributed by atoms with Gasteiger partial charge in [-0.15, -0.1) is 0 Å². The second-order valence-corrected chi connectivity index (χ2v) is 4.32. The number of aliphatic hydroxyl groups excluding tert-OH is 1. The lowest BCUT2D eigenvalue weighted by Gasteiger charge is -2.33. The fourth-order valence-electron chi connectivity index (χ4n) is 2.17. The standard InChI is InChI=1S/C10H18O3/c1-6(2)8-4-3-7(10(12)13)5-9(8)11/h6-9,11H,3-5H2,1-2H3,(H,12,13)/t7-,8-,9+/m0/s1. The zero-order valence-corrected chi connectivity index (χ0v) is 8.23. The van der Waals surface area contributed by atoms with Crippen LogP contribution in [-0.2, 0) is 4.79 Å². The summed E-state index contributed by atoms with van der Waals surface area (Å²) in [7, 11) is 0. The van der Waals surface area contributed by atoms with Crippen molar-refractivity contribution in [1.82, 2.24) is 0 Å². The summed E-state index contributed by atoms with van der Waals surface area (Å²) < 4.78 is 0. The first-order valence-electron chi connectivity index (χ1n) is 4.93. The lowest BCUT2D eigenvalue weighted by molar-refractivity contribution is -0.145. The molecular formula is C10H18O3. The van der Waals surface area contributed by atoms with E-state index >= 15 is 0 Å². The molecule has 3 nitrogen and oxygen atoms in total. The van der Waals surface area contributed by atoms with E-state index in [4.69, 9.17) is 5.11 Å². The van der Waals surface area contributed by atoms with Crippen LogP contribution in [0.25, 0.3) is 0 Å². The van der Waals surface area contributed by atoms with Crippen molar-refractivity contribution in [1.29, 1.82) is 0 Å². The highest BCUT2D eigenvalue weighted by atomic mass is 16.4. The molecule has 0 aromatic heterocycles. The molecule has 1 aliphatic carbocycles. The van der Waals surface area contributed by atoms with E-state index in [0.29, 0.717) is 12.3 Å². The molecule has 0 unspecified atom stereocenters. The van der Waals surface area contributed by atoms with Crippen LogP contribution in [0.4, 0.5) is 0 Å². The van der Waals surface area contributed by atoms with Crippen molar-refractivity contribution in [3.05, 3.63) is 0 Å². The van der Waals surface area contributed by atoms with Gasteiger partial charge < -0.3 is 10.2 Å². The fourth-order valence-corrected chi connectivity index (χ4v) is 2.17. The van der Waals surface area contributed by atoms with E-state index in [1.54, 1.807) is 0 Å². The highest BCUT2D eigenvalue weighted by molar-refractivity contribution is 5.70. The molecule has 0 aliphatic heterocycles. The van der Waals surface area contributed by atoms with Gasteiger partial charge in [-0.3, -0.25) is 4.79 Å². The SMILES string of the molecule is CC(C)[C@@H]1CC[C@H](C(=O)O)C[C@H]1O. The normalized spacial score (nSPS) is 34.9. The first-order valence-corrected chi connectivity index (χ1v) is 4.93. The maximum Gasteiger partial charge on any atom is 0.306 e. The van der Waals surface area contributed by atoms with E-state index in [9.17, 15) is 9.90 Å². The van der Waals surface area contributed by atoms with E-state index in [1.807, 2.05) is 0 Å². The Morgan fingerprint density at radius 1 is 1.38 bits per heavy atom. The molecule has 0 heterocycles. The maximum absolute atomic E-state index is 10.7. The molecule has 1 fully saturated rings. The molecule has 1 rings (SSSR count). The van der Waals surface area contributed by atoms with Crippen LogP contribution in [-0.4, -0.2) is 22.3 Å². The van der Waals surface area contributed by atoms with Gasteiger partial charge in [0, 0.05) is 0 Å². The molecule has 0 spiro atoms. The summed E-state index contributed by atoms with van der Waals surface area (Å²) in [6.45, 7) is 4.16. The van der Waals surface area contributed by atoms with Crippen molar-refractivity contribution < 1.29 is 15.0 Å². The highest BCUT2D eigenvalue weighted by Crippen LogP contribution is 2.33. The van der Waals surface area contributed by atoms with E-state index in [0.717, 1.165) is 12.8 Å². The smallest absolute Gasteiger partial charge is 0.306 e. The third-order valence-corrected chi connectivity index (χ3v) is 3.07. The number of carboxylic acids is 1. The number of hydrogen-bond acceptors (Lipinski definition) is 2. The van der Waals surface area contributed by atoms with Gasteiger partial charge in [0.25, 0.3) is 0 Å². The van der Waals surface area contributed by atoms with Crippen molar-refractivity contribution >= 4 is 5.97 Å². The zero-order valence-electron chi connectivity index (χ0n) is 8.23. The second-order valence-electron chi connectivity index (χ2n) is 4.32. The first kappa shape index (κ1) is 10.5. The molecule has 0 amide bonds. The fraction of sp³-hybridized carbons (Fsp3) is 0.900. The first-order chi connectivity index (χ1) is 6.02. The van der Waals surface area contributed by atoms with Crippen molar-refractivity contribution in [2.24, 2.45) is 17.8 Å². The maximum atomic E-state index is 10.7. The van der Waals surface area contributed by atoms with Crippen molar-refractivity contribution in [3.8, 4) is 0 Å². The van der Waals surface area contributed by atoms with E-state index in [1.165, 1.54) is 0 Å². The van der Waals surface area contributed by atoms with Gasteiger partial charge in [-0.2, -0.15) is 0 Å². The largest absolute Gasteiger partial charge is 0.481 e. The number of carbonyl (C=O) groups is 1. The van der Waals surface area contributed by atoms with Gasteiger partial charge >= 0.3 is 5.97 Å². The average Bonchev–Trinajstić information content (AvgIpc) is 2.03. The number of carboxylic acid groups (broad SMARTS) is 1. The van der Waals surface area contributed by atoms with Gasteiger partial charge in [-0.05, 0) is 31.1 Å². The van der Waals surface area contributed by atoms with Crippen LogP contribution in [0.5, 0.6) is 0 Å². The Kier molecular flexibility index (Phi) is 3.31. The summed E-state index contributed by atoms with van der Waals surface area (Å²) in [6.07, 6.45) is 1.57. The number of hydrogen-bond donors (Lipinski definition) is 2. The molecule has 1 saturated carbocycles. The predicted octanol–water partition coefficient (Wildman–Crippen LogP) is 1.50. The lowest BCUT2D eigenvalue weighted by Crippen LogP contribution is -2.35. The Morgan fingerprint density at radius 2 is 2.00 bits per heavy atom. The summed E-state index contributed by atoms with van der Waals surface area (Å²) in [5.74, 6) is -0.355. The van der Waals surface area contributed by atoms with Crippen LogP contribution >= 0.6 is 0 Å². The molecule has 2 N–H and O–H groups in total. The minimum absolute atomic E-state index is 0.288. The zero-order chi connectivity index (χ0) is 10.0. The quantitative estimate of drug-likeness (QED) is 0.687. The molecule has 13 heavy (non-hydrogen) atoms. The van der Waals surface area contributed by atoms with E-state index in [2.05, 4.69) is 13.8 Å². The van der Waals surface area contributed by atoms with Crippen LogP contribution in [0.3, 0.4) is 0 Å². The van der Waals surface area contributed by atoms with Crippen LogP contribution in [0, 0.1) is 17.8 Å². The lowest BCUT2D eigenvalue weighted by atomic mass is 9.75. The molecule has 3 heteroatoms. The summed E-state index contributed by atoms with van der Waals surface area (Å²) in [5, 5.41) is 18.5. The highest BCUT2D eigenvalue weighted by Gasteiger charge is 2.33. The molecule has 3 atom stereocenters. The van der Waals surface area contributed by atoms with Crippen LogP contribution in [0.15, 0.2) is 0 Å². The molecule has 0 bridgehead atoms. The molecule has 0 radical (unpaired) electrons. The summed E-state index contributed by atoms with van der Waals surface area (Å²) in [5.41, 5.74) is 0. The minimum Gasteiger partial charge on any atom is -0.481 e. The number of aliphatic hydroxyl groups is 1. The van der Waals surface area contributed by atoms with E-state index < -0.39 is 12.1 Å². The van der Waals surface area contributed by atoms with Crippen molar-refractivity contribution in [2.75, 3.05) is 0 Å². The Morgan fingerprint density at radius 3 is 2.38 bits per heavy atom. The Hall–Kier alpha value is -0.570. The molecule has 0 aromatic carbocycles. The second kappa shape index (κ2) is 4.09. The molecule has 1 aliphatic rings. The van der Waals surface area contributed by atoms with Gasteiger partial charge in [0.2, 0.25) is 0 Å². The van der Waals surface area contributed by atoms with Gasteiger partial charge in [0.15, 0.2) is 0 Å². The molecule has 76 valence electrons. The third kappa shape index (κ3) is 2.44. The Bertz CT molecular complexity index is 189. The van der Waals surface area contributed by atoms with Crippen molar-refractivity contribution in [2.45, 2.75) is 39.2 Å². The molecular weight excluding hydrogens is 168 g/mol. The molecule has 0 saturated heterocycles. The summed E-state index contributed by atoms with van der Waals surface area (Å²) in [4.78, 5) is 10.7. The average molecular weight is 186 g/mol. The Labute approximate surface area is 78.8 Å². The summed E-state index contributed by atoms with van der Waals surface area (Å²) in [6, 6.07) is 0. The minimum atomic E-state index is -0.763. The van der Waals surface area contributed by atoms with Crippen LogP contribution in [0.2, 0.25) is 0 Å². The topological polar surface area (TPSA) is 57.5 Å². The summed E-state index contributed by atoms with van der Waals surface area (Å²) >= 11 is 0. The van der Waals surface area contributed by atoms with Gasteiger partial charge in [-0.1, -0.05) is 13.8 Å². The third-order valence-electron chi connectivity index (χ3n) is 3.07. The van der Waals surface area contributed by atoms with Gasteiger partial charge in [-0.25, -0.2) is 0 Å². The van der Waals surface area contributed by atoms with E-state index in [-0.39, 0.29) is 11.8 Å². The van der Waals surface area contributed by atoms with Gasteiger partial charge in [0.05, 0.1) is 12.0 Å². The van der Waals surface area contributed by atoms with Crippen LogP contribution in [0.1, 0.15) is 33.1 Å². The predicted molar refractivity (Wildman–Crippen MR) is 49.3 cm³/mol. The van der Waals surface area contributed by atoms with Gasteiger partial charge in [0.1, 0.15) is 0 Å². The monoisotopic (exact) mass is 186 g/mol. The molecule has 0 aromatic rings. The van der Waals surface area contributed by atoms with Crippen LogP contribution < -0.4 is 0 Å². The number of rotatable bonds is 2.